The highest BCUT2D eigenvalue weighted by atomic mass is 127. The third kappa shape index (κ3) is 2.66. The molecule has 2 aromatic rings. The van der Waals surface area contributed by atoms with Crippen molar-refractivity contribution in [3.8, 4) is 0 Å². The summed E-state index contributed by atoms with van der Waals surface area (Å²) in [5, 5.41) is 0. The minimum Gasteiger partial charge on any atom is -1.00 e. The molecule has 2 heterocycles. The number of pyridine rings is 1. The second-order valence-corrected chi connectivity index (χ2v) is 8.91. The van der Waals surface area contributed by atoms with Gasteiger partial charge in [0.15, 0.2) is 0 Å². The Bertz CT molecular complexity index is 557. The van der Waals surface area contributed by atoms with Gasteiger partial charge in [0.2, 0.25) is 13.0 Å². The van der Waals surface area contributed by atoms with Gasteiger partial charge in [0, 0.05) is 34.4 Å². The van der Waals surface area contributed by atoms with Gasteiger partial charge in [-0.3, -0.25) is 4.40 Å². The molecule has 0 radical (unpaired) electrons. The van der Waals surface area contributed by atoms with E-state index in [-0.39, 0.29) is 24.0 Å². The summed E-state index contributed by atoms with van der Waals surface area (Å²) in [4.78, 5) is 4.68. The molecule has 0 aliphatic rings. The van der Waals surface area contributed by atoms with E-state index in [1.165, 1.54) is 5.44 Å². The maximum Gasteiger partial charge on any atom is 0.226 e. The van der Waals surface area contributed by atoms with Gasteiger partial charge in [-0.05, 0) is 19.1 Å². The standard InChI is InChI=1S/C13H22N4P.HI/c1-11-13(18(6,15(2)3)16(4)5)17-10-8-7-9-12(17)14-11;/h7-10H,1-6H3;1H/q+1;/p-1. The molecule has 2 aromatic heterocycles. The van der Waals surface area contributed by atoms with E-state index in [9.17, 15) is 0 Å². The van der Waals surface area contributed by atoms with Crippen LogP contribution in [0.5, 0.6) is 0 Å². The van der Waals surface area contributed by atoms with Crippen LogP contribution in [-0.4, -0.2) is 53.6 Å². The predicted octanol–water partition coefficient (Wildman–Crippen LogP) is -1.13. The van der Waals surface area contributed by atoms with Crippen LogP contribution in [0.1, 0.15) is 5.69 Å². The summed E-state index contributed by atoms with van der Waals surface area (Å²) in [5.74, 6) is 0. The van der Waals surface area contributed by atoms with Gasteiger partial charge in [0.25, 0.3) is 0 Å². The topological polar surface area (TPSA) is 23.8 Å². The summed E-state index contributed by atoms with van der Waals surface area (Å²) in [7, 11) is 7.06. The van der Waals surface area contributed by atoms with Crippen LogP contribution in [0.25, 0.3) is 5.65 Å². The molecule has 2 rings (SSSR count). The van der Waals surface area contributed by atoms with E-state index >= 15 is 0 Å². The van der Waals surface area contributed by atoms with Gasteiger partial charge in [-0.25, -0.2) is 4.98 Å². The summed E-state index contributed by atoms with van der Waals surface area (Å²) >= 11 is 0. The lowest BCUT2D eigenvalue weighted by Crippen LogP contribution is -3.00. The number of hydrogen-bond donors (Lipinski definition) is 0. The first-order valence-corrected chi connectivity index (χ1v) is 8.19. The number of aryl methyl sites for hydroxylation is 1. The zero-order valence-corrected chi connectivity index (χ0v) is 15.5. The van der Waals surface area contributed by atoms with Gasteiger partial charge in [0.1, 0.15) is 11.3 Å². The van der Waals surface area contributed by atoms with Crippen LogP contribution in [-0.2, 0) is 0 Å². The molecule has 0 aliphatic heterocycles. The van der Waals surface area contributed by atoms with Gasteiger partial charge >= 0.3 is 0 Å². The lowest BCUT2D eigenvalue weighted by Gasteiger charge is -2.32. The van der Waals surface area contributed by atoms with Crippen molar-refractivity contribution in [1.82, 2.24) is 18.7 Å². The Labute approximate surface area is 133 Å². The van der Waals surface area contributed by atoms with Crippen LogP contribution >= 0.6 is 7.56 Å². The summed E-state index contributed by atoms with van der Waals surface area (Å²) in [6.45, 7) is 4.43. The van der Waals surface area contributed by atoms with E-state index < -0.39 is 7.56 Å². The maximum absolute atomic E-state index is 4.68. The molecule has 4 nitrogen and oxygen atoms in total. The first-order valence-electron chi connectivity index (χ1n) is 6.05. The molecule has 0 fully saturated rings. The van der Waals surface area contributed by atoms with Crippen LogP contribution < -0.4 is 29.4 Å². The van der Waals surface area contributed by atoms with Crippen LogP contribution in [0.3, 0.4) is 0 Å². The number of hydrogen-bond acceptors (Lipinski definition) is 3. The molecule has 19 heavy (non-hydrogen) atoms. The fourth-order valence-corrected chi connectivity index (χ4v) is 5.06. The van der Waals surface area contributed by atoms with E-state index in [2.05, 4.69) is 78.8 Å². The van der Waals surface area contributed by atoms with E-state index in [0.29, 0.717) is 0 Å². The number of nitrogens with zero attached hydrogens (tertiary/aromatic N) is 4. The number of aromatic nitrogens is 2. The van der Waals surface area contributed by atoms with E-state index in [0.717, 1.165) is 11.3 Å². The molecule has 0 spiro atoms. The molecule has 0 unspecified atom stereocenters. The molecule has 0 bridgehead atoms. The van der Waals surface area contributed by atoms with Crippen LogP contribution in [0.2, 0.25) is 0 Å². The maximum atomic E-state index is 4.68. The van der Waals surface area contributed by atoms with Gasteiger partial charge in [0.05, 0.1) is 6.66 Å². The van der Waals surface area contributed by atoms with Crippen molar-refractivity contribution in [3.63, 3.8) is 0 Å². The molecule has 0 atom stereocenters. The Morgan fingerprint density at radius 2 is 1.68 bits per heavy atom. The largest absolute Gasteiger partial charge is 1.00 e. The SMILES string of the molecule is Cc1nc2ccccn2c1[P+](C)(N(C)C)N(C)C.[I-]. The highest BCUT2D eigenvalue weighted by Gasteiger charge is 2.45. The molecule has 0 aliphatic carbocycles. The van der Waals surface area contributed by atoms with Crippen molar-refractivity contribution in [2.45, 2.75) is 6.92 Å². The second-order valence-electron chi connectivity index (χ2n) is 5.06. The second kappa shape index (κ2) is 6.04. The van der Waals surface area contributed by atoms with Gasteiger partial charge in [-0.2, -0.15) is 9.34 Å². The minimum absolute atomic E-state index is 0. The Hall–Kier alpha value is -0.230. The van der Waals surface area contributed by atoms with E-state index in [1.54, 1.807) is 0 Å². The van der Waals surface area contributed by atoms with Crippen molar-refractivity contribution in [2.24, 2.45) is 0 Å². The van der Waals surface area contributed by atoms with Gasteiger partial charge in [-0.15, -0.1) is 0 Å². The molecular formula is C13H22IN4P. The first-order chi connectivity index (χ1) is 8.39. The number of rotatable bonds is 3. The molecule has 106 valence electrons. The molecule has 0 aromatic carbocycles. The Kier molecular flexibility index (Phi) is 5.35. The van der Waals surface area contributed by atoms with E-state index in [4.69, 9.17) is 0 Å². The average Bonchev–Trinajstić information content (AvgIpc) is 2.63. The highest BCUT2D eigenvalue weighted by molar-refractivity contribution is 7.77. The van der Waals surface area contributed by atoms with Crippen molar-refractivity contribution in [3.05, 3.63) is 30.1 Å². The van der Waals surface area contributed by atoms with Gasteiger partial charge < -0.3 is 24.0 Å². The van der Waals surface area contributed by atoms with E-state index in [1.807, 2.05) is 6.07 Å². The fraction of sp³-hybridized carbons (Fsp3) is 0.462. The predicted molar refractivity (Wildman–Crippen MR) is 79.8 cm³/mol. The third-order valence-corrected chi connectivity index (χ3v) is 8.09. The van der Waals surface area contributed by atoms with Crippen LogP contribution in [0.4, 0.5) is 0 Å². The fourth-order valence-electron chi connectivity index (χ4n) is 2.35. The van der Waals surface area contributed by atoms with Crippen LogP contribution in [0.15, 0.2) is 24.4 Å². The lowest BCUT2D eigenvalue weighted by molar-refractivity contribution is -0.00000413. The summed E-state index contributed by atoms with van der Waals surface area (Å²) in [6, 6.07) is 6.16. The smallest absolute Gasteiger partial charge is 0.226 e. The molecular weight excluding hydrogens is 370 g/mol. The lowest BCUT2D eigenvalue weighted by atomic mass is 10.5. The molecule has 0 saturated heterocycles. The summed E-state index contributed by atoms with van der Waals surface area (Å²) < 4.78 is 6.88. The molecule has 0 saturated carbocycles. The van der Waals surface area contributed by atoms with Crippen molar-refractivity contribution in [1.29, 1.82) is 0 Å². The molecule has 0 N–H and O–H groups in total. The zero-order chi connectivity index (χ0) is 13.5. The highest BCUT2D eigenvalue weighted by Crippen LogP contribution is 2.57. The third-order valence-electron chi connectivity index (χ3n) is 3.63. The number of fused-ring (bicyclic) bond motifs is 1. The van der Waals surface area contributed by atoms with Crippen molar-refractivity contribution < 1.29 is 24.0 Å². The first kappa shape index (κ1) is 16.8. The zero-order valence-electron chi connectivity index (χ0n) is 12.4. The monoisotopic (exact) mass is 392 g/mol. The molecule has 6 heteroatoms. The normalized spacial score (nSPS) is 12.2. The Morgan fingerprint density at radius 3 is 2.21 bits per heavy atom. The summed E-state index contributed by atoms with van der Waals surface area (Å²) in [6.07, 6.45) is 2.11. The average molecular weight is 392 g/mol. The quantitative estimate of drug-likeness (QED) is 0.488. The Morgan fingerprint density at radius 1 is 1.11 bits per heavy atom. The van der Waals surface area contributed by atoms with Crippen LogP contribution in [0, 0.1) is 6.92 Å². The van der Waals surface area contributed by atoms with Crippen molar-refractivity contribution >= 4 is 18.6 Å². The molecule has 0 amide bonds. The summed E-state index contributed by atoms with van der Waals surface area (Å²) in [5.41, 5.74) is 3.48. The van der Waals surface area contributed by atoms with Crippen molar-refractivity contribution in [2.75, 3.05) is 34.9 Å². The number of imidazole rings is 1. The Balaban J connectivity index is 0.00000180. The number of halogens is 1. The van der Waals surface area contributed by atoms with Gasteiger partial charge in [-0.1, -0.05) is 6.07 Å². The minimum atomic E-state index is -1.53.